The summed E-state index contributed by atoms with van der Waals surface area (Å²) >= 11 is 0. The minimum absolute atomic E-state index is 0.574. The van der Waals surface area contributed by atoms with Gasteiger partial charge in [-0.2, -0.15) is 0 Å². The van der Waals surface area contributed by atoms with Crippen molar-refractivity contribution in [3.63, 3.8) is 0 Å². The molecule has 2 N–H and O–H groups in total. The van der Waals surface area contributed by atoms with Crippen molar-refractivity contribution in [3.05, 3.63) is 20.4 Å². The van der Waals surface area contributed by atoms with Gasteiger partial charge in [0.15, 0.2) is 11.4 Å². The molecule has 0 bridgehead atoms. The normalized spacial score (nSPS) is 10.0. The van der Waals surface area contributed by atoms with Crippen LogP contribution in [0.3, 0.4) is 0 Å². The number of hydrogen-bond donors (Lipinski definition) is 1. The van der Waals surface area contributed by atoms with Gasteiger partial charge in [0.25, 0.3) is 10.9 Å². The molecule has 4 heteroatoms. The maximum atomic E-state index is 10.0. The Morgan fingerprint density at radius 1 is 1.25 bits per heavy atom. The van der Waals surface area contributed by atoms with Crippen LogP contribution in [-0.2, 0) is 0 Å². The molecule has 8 heavy (non-hydrogen) atoms. The lowest BCUT2D eigenvalue weighted by atomic mass is 10.2. The summed E-state index contributed by atoms with van der Waals surface area (Å²) in [6.07, 6.45) is 0. The van der Waals surface area contributed by atoms with E-state index in [9.17, 15) is 9.59 Å². The lowest BCUT2D eigenvalue weighted by Crippen LogP contribution is -2.29. The van der Waals surface area contributed by atoms with E-state index in [0.717, 1.165) is 0 Å². The number of hydrogen-bond acceptors (Lipinski definition) is 3. The van der Waals surface area contributed by atoms with E-state index in [-0.39, 0.29) is 0 Å². The molecule has 0 heterocycles. The van der Waals surface area contributed by atoms with Crippen molar-refractivity contribution in [1.29, 1.82) is 0 Å². The van der Waals surface area contributed by atoms with Crippen LogP contribution < -0.4 is 16.6 Å². The standard InChI is InChI=1S/C4H2NO3/c5-1-2(6)4(8)3(1)7/h5-6H. The van der Waals surface area contributed by atoms with Gasteiger partial charge in [0, 0.05) is 0 Å². The maximum Gasteiger partial charge on any atom is 0.271 e. The number of rotatable bonds is 0. The highest BCUT2D eigenvalue weighted by atomic mass is 16.3. The largest absolute Gasteiger partial charge is 0.502 e. The van der Waals surface area contributed by atoms with Crippen LogP contribution in [0.25, 0.3) is 0 Å². The summed E-state index contributed by atoms with van der Waals surface area (Å²) < 4.78 is 0. The van der Waals surface area contributed by atoms with Crippen LogP contribution >= 0.6 is 0 Å². The van der Waals surface area contributed by atoms with E-state index in [1.54, 1.807) is 0 Å². The van der Waals surface area contributed by atoms with E-state index >= 15 is 0 Å². The fourth-order valence-corrected chi connectivity index (χ4v) is 0.380. The number of nitrogens with one attached hydrogen (secondary N) is 1. The first-order chi connectivity index (χ1) is 3.64. The molecule has 0 aliphatic rings. The minimum atomic E-state index is -0.949. The first-order valence-electron chi connectivity index (χ1n) is 1.88. The smallest absolute Gasteiger partial charge is 0.271 e. The zero-order valence-corrected chi connectivity index (χ0v) is 3.76. The summed E-state index contributed by atoms with van der Waals surface area (Å²) in [5, 5.41) is 8.28. The fraction of sp³-hybridized carbons (Fsp3) is 0. The van der Waals surface area contributed by atoms with Crippen LogP contribution in [0.1, 0.15) is 0 Å². The van der Waals surface area contributed by atoms with Gasteiger partial charge < -0.3 is 5.11 Å². The topological polar surface area (TPSA) is 78.2 Å². The molecule has 0 aliphatic heterocycles. The van der Waals surface area contributed by atoms with Crippen molar-refractivity contribution < 1.29 is 5.11 Å². The van der Waals surface area contributed by atoms with Crippen molar-refractivity contribution >= 4 is 5.69 Å². The third-order valence-corrected chi connectivity index (χ3v) is 0.885. The third-order valence-electron chi connectivity index (χ3n) is 0.885. The van der Waals surface area contributed by atoms with Gasteiger partial charge >= 0.3 is 0 Å². The van der Waals surface area contributed by atoms with E-state index in [1.807, 2.05) is 0 Å². The lowest BCUT2D eigenvalue weighted by molar-refractivity contribution is 0.464. The van der Waals surface area contributed by atoms with Crippen molar-refractivity contribution in [1.82, 2.24) is 5.73 Å². The average Bonchev–Trinajstić information content (AvgIpc) is 1.83. The molecule has 4 nitrogen and oxygen atoms in total. The molecule has 1 aromatic carbocycles. The Hall–Kier alpha value is -1.32. The maximum absolute atomic E-state index is 10.0. The van der Waals surface area contributed by atoms with Crippen LogP contribution in [0.2, 0.25) is 0 Å². The van der Waals surface area contributed by atoms with Crippen molar-refractivity contribution in [2.45, 2.75) is 0 Å². The molecule has 0 fully saturated rings. The molecule has 0 aliphatic carbocycles. The molecule has 0 spiro atoms. The van der Waals surface area contributed by atoms with Crippen molar-refractivity contribution in [3.8, 4) is 5.75 Å². The molecule has 0 unspecified atom stereocenters. The van der Waals surface area contributed by atoms with Gasteiger partial charge in [-0.25, -0.2) is 0 Å². The van der Waals surface area contributed by atoms with Gasteiger partial charge in [-0.05, 0) is 0 Å². The second-order valence-electron chi connectivity index (χ2n) is 1.38. The summed E-state index contributed by atoms with van der Waals surface area (Å²) in [4.78, 5) is 20.0. The first kappa shape index (κ1) is 4.83. The van der Waals surface area contributed by atoms with Crippen LogP contribution in [-0.4, -0.2) is 5.11 Å². The lowest BCUT2D eigenvalue weighted by Gasteiger charge is -1.92. The van der Waals surface area contributed by atoms with Gasteiger partial charge in [0.05, 0.1) is 0 Å². The highest BCUT2D eigenvalue weighted by Crippen LogP contribution is 2.09. The van der Waals surface area contributed by atoms with E-state index in [1.165, 1.54) is 0 Å². The molecular weight excluding hydrogens is 110 g/mol. The molecule has 0 saturated heterocycles. The highest BCUT2D eigenvalue weighted by molar-refractivity contribution is 5.53. The molecule has 0 saturated carbocycles. The van der Waals surface area contributed by atoms with Crippen molar-refractivity contribution in [2.24, 2.45) is 0 Å². The van der Waals surface area contributed by atoms with Gasteiger partial charge in [-0.15, -0.1) is 0 Å². The summed E-state index contributed by atoms with van der Waals surface area (Å²) in [7, 11) is 0. The molecule has 0 amide bonds. The van der Waals surface area contributed by atoms with Crippen molar-refractivity contribution in [2.75, 3.05) is 0 Å². The quantitative estimate of drug-likeness (QED) is 0.433. The highest BCUT2D eigenvalue weighted by Gasteiger charge is 2.16. The predicted octanol–water partition coefficient (Wildman–Crippen LogP) is -1.10. The summed E-state index contributed by atoms with van der Waals surface area (Å²) in [5.74, 6) is -0.713. The summed E-state index contributed by atoms with van der Waals surface area (Å²) in [6, 6.07) is 0. The Kier molecular flexibility index (Phi) is 0.658. The average molecular weight is 112 g/mol. The Balaban J connectivity index is 3.48. The SMILES string of the molecule is [NH]c1c(O)c(=O)c1=O. The van der Waals surface area contributed by atoms with Gasteiger partial charge in [0.1, 0.15) is 0 Å². The van der Waals surface area contributed by atoms with Gasteiger partial charge in [-0.3, -0.25) is 15.3 Å². The van der Waals surface area contributed by atoms with Crippen LogP contribution in [0.4, 0.5) is 5.69 Å². The minimum Gasteiger partial charge on any atom is -0.502 e. The predicted molar refractivity (Wildman–Crippen MR) is 25.8 cm³/mol. The monoisotopic (exact) mass is 112 g/mol. The van der Waals surface area contributed by atoms with E-state index in [0.29, 0.717) is 0 Å². The Morgan fingerprint density at radius 3 is 1.88 bits per heavy atom. The van der Waals surface area contributed by atoms with E-state index < -0.39 is 22.3 Å². The summed E-state index contributed by atoms with van der Waals surface area (Å²) in [6.45, 7) is 0. The van der Waals surface area contributed by atoms with E-state index in [4.69, 9.17) is 10.8 Å². The molecule has 41 valence electrons. The zero-order chi connectivity index (χ0) is 6.31. The Bertz CT molecular complexity index is 251. The van der Waals surface area contributed by atoms with Crippen LogP contribution in [0, 0.1) is 0 Å². The molecular formula is C4H2NO3. The molecule has 1 radical (unpaired) electrons. The summed E-state index contributed by atoms with van der Waals surface area (Å²) in [5.41, 5.74) is 4.09. The van der Waals surface area contributed by atoms with Gasteiger partial charge in [-0.1, -0.05) is 0 Å². The van der Waals surface area contributed by atoms with E-state index in [2.05, 4.69) is 0 Å². The number of aromatic hydroxyl groups is 1. The Morgan fingerprint density at radius 2 is 1.75 bits per heavy atom. The zero-order valence-electron chi connectivity index (χ0n) is 3.76. The first-order valence-corrected chi connectivity index (χ1v) is 1.88. The molecule has 0 aromatic heterocycles. The molecule has 0 atom stereocenters. The second kappa shape index (κ2) is 1.09. The fourth-order valence-electron chi connectivity index (χ4n) is 0.380. The van der Waals surface area contributed by atoms with Gasteiger partial charge in [0.2, 0.25) is 0 Å². The van der Waals surface area contributed by atoms with Crippen LogP contribution in [0.5, 0.6) is 5.75 Å². The molecule has 1 rings (SSSR count). The Labute approximate surface area is 43.9 Å². The molecule has 1 aromatic rings. The second-order valence-corrected chi connectivity index (χ2v) is 1.38. The third kappa shape index (κ3) is 0.294. The van der Waals surface area contributed by atoms with Crippen LogP contribution in [0.15, 0.2) is 9.59 Å².